The molecule has 16 heteroatoms. The van der Waals surface area contributed by atoms with Gasteiger partial charge in [0.05, 0.1) is 24.0 Å². The minimum atomic E-state index is -1.32. The van der Waals surface area contributed by atoms with Gasteiger partial charge in [-0.25, -0.2) is 0 Å². The van der Waals surface area contributed by atoms with Gasteiger partial charge in [0.1, 0.15) is 0 Å². The van der Waals surface area contributed by atoms with Gasteiger partial charge in [0.15, 0.2) is 0 Å². The van der Waals surface area contributed by atoms with Crippen LogP contribution in [0.4, 0.5) is 0 Å². The van der Waals surface area contributed by atoms with Crippen LogP contribution in [-0.2, 0) is 38.7 Å². The van der Waals surface area contributed by atoms with Crippen LogP contribution < -0.4 is 20.8 Å². The Balaban J connectivity index is -0.000000328. The summed E-state index contributed by atoms with van der Waals surface area (Å²) < 4.78 is -1.73. The van der Waals surface area contributed by atoms with Gasteiger partial charge in [0.25, 0.3) is 0 Å². The molecule has 0 heterocycles. The van der Waals surface area contributed by atoms with Gasteiger partial charge in [-0.2, -0.15) is 75.8 Å². The zero-order valence-corrected chi connectivity index (χ0v) is 33.0. The molecule has 0 aliphatic rings. The first-order valence-electron chi connectivity index (χ1n) is 13.4. The van der Waals surface area contributed by atoms with E-state index in [1.165, 1.54) is 0 Å². The van der Waals surface area contributed by atoms with Crippen LogP contribution in [0.1, 0.15) is 91.9 Å². The second kappa shape index (κ2) is 27.7. The number of carbonyl (C=O) groups excluding carboxylic acids is 4. The second-order valence-electron chi connectivity index (χ2n) is 10.8. The smallest absolute Gasteiger partial charge is 2.00 e. The SMILES string of the molecule is CC(C)(S)[C@H](NC(=O)CCCCC(S)CCS)C(=O)[O-].CC(C)(S)[C@H](NC(=O)CCCCC(S)CCS)C(=O)[O-].[NaH].[Zn+2]. The molecule has 0 aromatic heterocycles. The van der Waals surface area contributed by atoms with Gasteiger partial charge >= 0.3 is 49.0 Å². The molecular formula is C26H49N2NaO6S6Zn. The number of nitrogens with one attached hydrogen (secondary N) is 2. The van der Waals surface area contributed by atoms with Gasteiger partial charge in [-0.3, -0.25) is 9.59 Å². The van der Waals surface area contributed by atoms with Crippen LogP contribution in [0.15, 0.2) is 0 Å². The first-order valence-corrected chi connectivity index (χ1v) is 16.6. The molecule has 0 radical (unpaired) electrons. The van der Waals surface area contributed by atoms with Crippen LogP contribution in [0.5, 0.6) is 0 Å². The normalized spacial score (nSPS) is 14.0. The number of rotatable bonds is 20. The predicted octanol–water partition coefficient (Wildman–Crippen LogP) is 1.57. The molecule has 0 saturated carbocycles. The molecule has 238 valence electrons. The summed E-state index contributed by atoms with van der Waals surface area (Å²) in [7, 11) is 0. The third-order valence-electron chi connectivity index (χ3n) is 5.80. The molecule has 0 aliphatic carbocycles. The first kappa shape index (κ1) is 50.5. The number of thiol groups is 6. The Bertz CT molecular complexity index is 713. The zero-order chi connectivity index (χ0) is 31.5. The van der Waals surface area contributed by atoms with Crippen molar-refractivity contribution in [1.82, 2.24) is 10.6 Å². The number of amides is 2. The number of aliphatic carboxylic acids is 2. The Labute approximate surface area is 320 Å². The minimum absolute atomic E-state index is 0. The van der Waals surface area contributed by atoms with Gasteiger partial charge < -0.3 is 30.4 Å². The van der Waals surface area contributed by atoms with E-state index >= 15 is 0 Å². The fourth-order valence-corrected chi connectivity index (χ4v) is 5.43. The van der Waals surface area contributed by atoms with Crippen molar-refractivity contribution in [1.29, 1.82) is 0 Å². The molecule has 8 nitrogen and oxygen atoms in total. The Morgan fingerprint density at radius 1 is 0.643 bits per heavy atom. The van der Waals surface area contributed by atoms with Gasteiger partial charge in [-0.05, 0) is 77.7 Å². The number of hydrogen-bond acceptors (Lipinski definition) is 12. The van der Waals surface area contributed by atoms with E-state index in [0.29, 0.717) is 36.2 Å². The number of carboxylic acid groups (broad SMARTS) is 2. The summed E-state index contributed by atoms with van der Waals surface area (Å²) in [6, 6.07) is -2.19. The van der Waals surface area contributed by atoms with Crippen LogP contribution in [-0.4, -0.2) is 96.9 Å². The van der Waals surface area contributed by atoms with E-state index in [2.05, 4.69) is 86.4 Å². The van der Waals surface area contributed by atoms with Gasteiger partial charge in [-0.1, -0.05) is 12.8 Å². The Hall–Kier alpha value is 1.60. The molecule has 0 rings (SSSR count). The van der Waals surface area contributed by atoms with Crippen molar-refractivity contribution >= 4 is 129 Å². The average Bonchev–Trinajstić information content (AvgIpc) is 2.80. The van der Waals surface area contributed by atoms with Gasteiger partial charge in [0.2, 0.25) is 11.8 Å². The third-order valence-corrected chi connectivity index (χ3v) is 7.87. The van der Waals surface area contributed by atoms with Crippen LogP contribution >= 0.6 is 75.8 Å². The summed E-state index contributed by atoms with van der Waals surface area (Å²) in [6.07, 6.45) is 7.54. The summed E-state index contributed by atoms with van der Waals surface area (Å²) in [5.74, 6) is -1.60. The van der Waals surface area contributed by atoms with Crippen LogP contribution in [0.25, 0.3) is 0 Å². The van der Waals surface area contributed by atoms with E-state index in [9.17, 15) is 29.4 Å². The molecule has 2 unspecified atom stereocenters. The van der Waals surface area contributed by atoms with Crippen LogP contribution in [0.3, 0.4) is 0 Å². The van der Waals surface area contributed by atoms with Gasteiger partial charge in [-0.15, -0.1) is 0 Å². The fourth-order valence-electron chi connectivity index (χ4n) is 3.43. The monoisotopic (exact) mass is 764 g/mol. The van der Waals surface area contributed by atoms with Crippen LogP contribution in [0, 0.1) is 0 Å². The largest absolute Gasteiger partial charge is 2.00 e. The van der Waals surface area contributed by atoms with Crippen molar-refractivity contribution < 1.29 is 48.9 Å². The summed E-state index contributed by atoms with van der Waals surface area (Å²) in [4.78, 5) is 45.4. The van der Waals surface area contributed by atoms with Crippen LogP contribution in [0.2, 0.25) is 0 Å². The van der Waals surface area contributed by atoms with Crippen molar-refractivity contribution in [2.45, 2.75) is 124 Å². The maximum atomic E-state index is 11.7. The average molecular weight is 766 g/mol. The molecule has 2 amide bonds. The number of carboxylic acids is 2. The Kier molecular flexibility index (Phi) is 33.3. The molecule has 0 aromatic rings. The fraction of sp³-hybridized carbons (Fsp3) is 0.846. The summed E-state index contributed by atoms with van der Waals surface area (Å²) in [5, 5.41) is 27.5. The molecule has 4 atom stereocenters. The molecule has 2 N–H and O–H groups in total. The zero-order valence-electron chi connectivity index (χ0n) is 24.6. The summed E-state index contributed by atoms with van der Waals surface area (Å²) in [6.45, 7) is 6.50. The standard InChI is InChI=1S/2C13H25NO3S3.Na.Zn.H/c2*1-13(2,20)11(12(16)17)14-10(15)6-4-3-5-9(19)7-8-18;;;/h2*9,11,18-20H,3-8H2,1-2H3,(H,14,15)(H,16,17);;;/q;;;+2;/p-2/t2*9?,11-;;;/m11.../s1. The van der Waals surface area contributed by atoms with E-state index in [1.807, 2.05) is 0 Å². The van der Waals surface area contributed by atoms with Crippen molar-refractivity contribution in [3.8, 4) is 0 Å². The quantitative estimate of drug-likeness (QED) is 0.0539. The molecule has 0 spiro atoms. The topological polar surface area (TPSA) is 138 Å². The number of unbranched alkanes of at least 4 members (excludes halogenated alkanes) is 2. The Morgan fingerprint density at radius 2 is 0.929 bits per heavy atom. The van der Waals surface area contributed by atoms with Gasteiger partial charge in [0, 0.05) is 32.8 Å². The molecule has 0 aromatic carbocycles. The van der Waals surface area contributed by atoms with Crippen molar-refractivity contribution in [2.75, 3.05) is 11.5 Å². The first-order chi connectivity index (χ1) is 18.4. The minimum Gasteiger partial charge on any atom is 2.00 e. The van der Waals surface area contributed by atoms with E-state index in [1.54, 1.807) is 27.7 Å². The predicted molar refractivity (Wildman–Crippen MR) is 187 cm³/mol. The summed E-state index contributed by atoms with van der Waals surface area (Å²) in [5.41, 5.74) is 0. The third kappa shape index (κ3) is 27.9. The van der Waals surface area contributed by atoms with E-state index in [0.717, 1.165) is 50.0 Å². The summed E-state index contributed by atoms with van der Waals surface area (Å²) >= 11 is 25.4. The molecular weight excluding hydrogens is 717 g/mol. The van der Waals surface area contributed by atoms with Crippen molar-refractivity contribution in [3.63, 3.8) is 0 Å². The maximum absolute atomic E-state index is 11.7. The molecule has 0 aliphatic heterocycles. The maximum Gasteiger partial charge on any atom is 2.00 e. The van der Waals surface area contributed by atoms with E-state index < -0.39 is 33.5 Å². The molecule has 0 fully saturated rings. The molecule has 42 heavy (non-hydrogen) atoms. The molecule has 0 saturated heterocycles. The molecule has 0 bridgehead atoms. The van der Waals surface area contributed by atoms with Crippen molar-refractivity contribution in [3.05, 3.63) is 0 Å². The van der Waals surface area contributed by atoms with E-state index in [-0.39, 0.29) is 60.8 Å². The van der Waals surface area contributed by atoms with Crippen molar-refractivity contribution in [2.24, 2.45) is 0 Å². The number of carbonyl (C=O) groups is 4. The number of hydrogen-bond donors (Lipinski definition) is 8. The van der Waals surface area contributed by atoms with E-state index in [4.69, 9.17) is 0 Å². The second-order valence-corrected chi connectivity index (χ2v) is 15.4. The Morgan fingerprint density at radius 3 is 1.14 bits per heavy atom.